The molecule has 0 aliphatic heterocycles. The molecule has 1 fully saturated rings. The third kappa shape index (κ3) is 3.60. The smallest absolute Gasteiger partial charge is 0.223 e. The maximum atomic E-state index is 11.6. The van der Waals surface area contributed by atoms with E-state index < -0.39 is 0 Å². The quantitative estimate of drug-likeness (QED) is 0.758. The van der Waals surface area contributed by atoms with Crippen LogP contribution in [0.1, 0.15) is 33.6 Å². The van der Waals surface area contributed by atoms with Gasteiger partial charge >= 0.3 is 0 Å². The Bertz CT molecular complexity index is 201. The Labute approximate surface area is 95.0 Å². The van der Waals surface area contributed by atoms with Crippen LogP contribution in [0, 0.1) is 17.8 Å². The van der Waals surface area contributed by atoms with Gasteiger partial charge in [0.15, 0.2) is 0 Å². The molecule has 3 heteroatoms. The van der Waals surface area contributed by atoms with E-state index in [4.69, 9.17) is 0 Å². The average molecular weight is 262 g/mol. The van der Waals surface area contributed by atoms with Crippen molar-refractivity contribution in [2.45, 2.75) is 38.4 Å². The van der Waals surface area contributed by atoms with E-state index in [1.807, 2.05) is 6.92 Å². The lowest BCUT2D eigenvalue weighted by molar-refractivity contribution is -0.125. The van der Waals surface area contributed by atoms with E-state index in [0.717, 1.165) is 12.5 Å². The molecule has 2 unspecified atom stereocenters. The number of rotatable bonds is 5. The Morgan fingerprint density at radius 2 is 2.00 bits per heavy atom. The van der Waals surface area contributed by atoms with E-state index in [1.54, 1.807) is 0 Å². The van der Waals surface area contributed by atoms with Gasteiger partial charge in [0.1, 0.15) is 0 Å². The van der Waals surface area contributed by atoms with E-state index in [9.17, 15) is 4.79 Å². The van der Waals surface area contributed by atoms with Crippen molar-refractivity contribution in [2.75, 3.05) is 6.54 Å². The largest absolute Gasteiger partial charge is 0.355 e. The minimum atomic E-state index is 0.119. The molecule has 0 radical (unpaired) electrons. The molecule has 0 bridgehead atoms. The molecule has 0 aromatic rings. The highest BCUT2D eigenvalue weighted by molar-refractivity contribution is 9.09. The van der Waals surface area contributed by atoms with Gasteiger partial charge in [0.2, 0.25) is 5.91 Å². The first kappa shape index (κ1) is 12.0. The van der Waals surface area contributed by atoms with Crippen LogP contribution in [0.25, 0.3) is 0 Å². The zero-order chi connectivity index (χ0) is 10.7. The van der Waals surface area contributed by atoms with E-state index in [1.165, 1.54) is 12.8 Å². The molecule has 1 rings (SSSR count). The lowest BCUT2D eigenvalue weighted by Gasteiger charge is -2.16. The monoisotopic (exact) mass is 261 g/mol. The Morgan fingerprint density at radius 1 is 1.43 bits per heavy atom. The molecule has 1 saturated carbocycles. The Hall–Kier alpha value is -0.0500. The van der Waals surface area contributed by atoms with Gasteiger partial charge in [-0.2, -0.15) is 0 Å². The molecule has 82 valence electrons. The third-order valence-corrected chi connectivity index (χ3v) is 4.09. The number of hydrogen-bond acceptors (Lipinski definition) is 1. The maximum absolute atomic E-state index is 11.6. The van der Waals surface area contributed by atoms with Crippen molar-refractivity contribution < 1.29 is 4.79 Å². The van der Waals surface area contributed by atoms with Gasteiger partial charge in [-0.05, 0) is 24.7 Å². The van der Waals surface area contributed by atoms with Gasteiger partial charge in [-0.15, -0.1) is 0 Å². The van der Waals surface area contributed by atoms with Gasteiger partial charge < -0.3 is 5.32 Å². The van der Waals surface area contributed by atoms with Crippen molar-refractivity contribution in [3.05, 3.63) is 0 Å². The number of nitrogens with one attached hydrogen (secondary N) is 1. The second kappa shape index (κ2) is 5.15. The van der Waals surface area contributed by atoms with Crippen LogP contribution in [-0.2, 0) is 4.79 Å². The fraction of sp³-hybridized carbons (Fsp3) is 0.909. The number of alkyl halides is 1. The Kier molecular flexibility index (Phi) is 4.42. The fourth-order valence-corrected chi connectivity index (χ4v) is 1.98. The minimum Gasteiger partial charge on any atom is -0.355 e. The van der Waals surface area contributed by atoms with Gasteiger partial charge in [-0.25, -0.2) is 0 Å². The Morgan fingerprint density at radius 3 is 2.43 bits per heavy atom. The normalized spacial score (nSPS) is 20.6. The van der Waals surface area contributed by atoms with Crippen molar-refractivity contribution in [2.24, 2.45) is 17.8 Å². The zero-order valence-electron chi connectivity index (χ0n) is 9.22. The zero-order valence-corrected chi connectivity index (χ0v) is 10.8. The molecule has 1 aliphatic carbocycles. The second-order valence-electron chi connectivity index (χ2n) is 4.63. The summed E-state index contributed by atoms with van der Waals surface area (Å²) in [7, 11) is 0. The summed E-state index contributed by atoms with van der Waals surface area (Å²) in [5.41, 5.74) is 0. The summed E-state index contributed by atoms with van der Waals surface area (Å²) in [6.07, 6.45) is 2.62. The van der Waals surface area contributed by atoms with E-state index in [0.29, 0.717) is 10.7 Å². The third-order valence-electron chi connectivity index (χ3n) is 3.02. The summed E-state index contributed by atoms with van der Waals surface area (Å²) in [4.78, 5) is 12.1. The number of carbonyl (C=O) groups excluding carboxylic acids is 1. The standard InChI is InChI=1S/C11H20BrNO/c1-7(2)8(3)11(14)13-6-10(12)9-4-5-9/h7-10H,4-6H2,1-3H3,(H,13,14). The summed E-state index contributed by atoms with van der Waals surface area (Å²) < 4.78 is 0. The summed E-state index contributed by atoms with van der Waals surface area (Å²) >= 11 is 3.60. The second-order valence-corrected chi connectivity index (χ2v) is 5.81. The molecule has 0 aromatic carbocycles. The first-order valence-corrected chi connectivity index (χ1v) is 6.35. The van der Waals surface area contributed by atoms with Crippen LogP contribution in [0.5, 0.6) is 0 Å². The average Bonchev–Trinajstić information content (AvgIpc) is 2.95. The molecule has 2 atom stereocenters. The molecular formula is C11H20BrNO. The molecule has 14 heavy (non-hydrogen) atoms. The number of carbonyl (C=O) groups is 1. The highest BCUT2D eigenvalue weighted by Gasteiger charge is 2.29. The fourth-order valence-electron chi connectivity index (χ4n) is 1.29. The highest BCUT2D eigenvalue weighted by atomic mass is 79.9. The van der Waals surface area contributed by atoms with E-state index >= 15 is 0 Å². The van der Waals surface area contributed by atoms with Crippen molar-refractivity contribution in [1.29, 1.82) is 0 Å². The van der Waals surface area contributed by atoms with E-state index in [-0.39, 0.29) is 11.8 Å². The van der Waals surface area contributed by atoms with Gasteiger partial charge in [0.05, 0.1) is 0 Å². The van der Waals surface area contributed by atoms with Crippen LogP contribution >= 0.6 is 15.9 Å². The predicted molar refractivity (Wildman–Crippen MR) is 62.5 cm³/mol. The predicted octanol–water partition coefficient (Wildman–Crippen LogP) is 2.57. The summed E-state index contributed by atoms with van der Waals surface area (Å²) in [5.74, 6) is 1.52. The van der Waals surface area contributed by atoms with Crippen molar-refractivity contribution in [3.63, 3.8) is 0 Å². The van der Waals surface area contributed by atoms with Crippen LogP contribution in [0.2, 0.25) is 0 Å². The highest BCUT2D eigenvalue weighted by Crippen LogP contribution is 2.36. The van der Waals surface area contributed by atoms with Crippen LogP contribution in [0.3, 0.4) is 0 Å². The van der Waals surface area contributed by atoms with Gasteiger partial charge in [-0.1, -0.05) is 36.7 Å². The summed E-state index contributed by atoms with van der Waals surface area (Å²) in [5, 5.41) is 3.00. The van der Waals surface area contributed by atoms with Gasteiger partial charge in [-0.3, -0.25) is 4.79 Å². The summed E-state index contributed by atoms with van der Waals surface area (Å²) in [6, 6.07) is 0. The number of amides is 1. The lowest BCUT2D eigenvalue weighted by atomic mass is 9.97. The topological polar surface area (TPSA) is 29.1 Å². The van der Waals surface area contributed by atoms with Crippen LogP contribution in [-0.4, -0.2) is 17.3 Å². The molecule has 1 N–H and O–H groups in total. The Balaban J connectivity index is 2.19. The molecular weight excluding hydrogens is 242 g/mol. The molecule has 1 aliphatic rings. The minimum absolute atomic E-state index is 0.119. The molecule has 0 saturated heterocycles. The lowest BCUT2D eigenvalue weighted by Crippen LogP contribution is -2.36. The van der Waals surface area contributed by atoms with Crippen LogP contribution in [0.4, 0.5) is 0 Å². The molecule has 0 heterocycles. The molecule has 0 spiro atoms. The van der Waals surface area contributed by atoms with Crippen LogP contribution in [0.15, 0.2) is 0 Å². The SMILES string of the molecule is CC(C)C(C)C(=O)NCC(Br)C1CC1. The first-order valence-electron chi connectivity index (χ1n) is 5.44. The number of halogens is 1. The van der Waals surface area contributed by atoms with Gasteiger partial charge in [0, 0.05) is 17.3 Å². The molecule has 2 nitrogen and oxygen atoms in total. The first-order chi connectivity index (χ1) is 6.52. The summed E-state index contributed by atoms with van der Waals surface area (Å²) in [6.45, 7) is 6.93. The van der Waals surface area contributed by atoms with Crippen molar-refractivity contribution in [1.82, 2.24) is 5.32 Å². The molecule has 0 aromatic heterocycles. The number of hydrogen-bond donors (Lipinski definition) is 1. The van der Waals surface area contributed by atoms with Crippen LogP contribution < -0.4 is 5.32 Å². The van der Waals surface area contributed by atoms with Gasteiger partial charge in [0.25, 0.3) is 0 Å². The van der Waals surface area contributed by atoms with Crippen molar-refractivity contribution in [3.8, 4) is 0 Å². The van der Waals surface area contributed by atoms with E-state index in [2.05, 4.69) is 35.1 Å². The molecule has 1 amide bonds. The maximum Gasteiger partial charge on any atom is 0.223 e. The van der Waals surface area contributed by atoms with Crippen molar-refractivity contribution >= 4 is 21.8 Å².